The third-order valence-electron chi connectivity index (χ3n) is 5.80. The summed E-state index contributed by atoms with van der Waals surface area (Å²) in [4.78, 5) is 18.5. The summed E-state index contributed by atoms with van der Waals surface area (Å²) in [5.41, 5.74) is 4.72. The van der Waals surface area contributed by atoms with Crippen LogP contribution in [0.5, 0.6) is 0 Å². The van der Waals surface area contributed by atoms with Crippen LogP contribution in [-0.4, -0.2) is 45.7 Å². The highest BCUT2D eigenvalue weighted by atomic mass is 16.5. The molecule has 6 nitrogen and oxygen atoms in total. The van der Waals surface area contributed by atoms with Crippen LogP contribution in [0.2, 0.25) is 0 Å². The molecule has 0 radical (unpaired) electrons. The molecule has 1 aromatic rings. The minimum absolute atomic E-state index is 0.416. The summed E-state index contributed by atoms with van der Waals surface area (Å²) >= 11 is 0. The molecule has 2 fully saturated rings. The zero-order chi connectivity index (χ0) is 15.9. The summed E-state index contributed by atoms with van der Waals surface area (Å²) in [5, 5.41) is 12.5. The summed E-state index contributed by atoms with van der Waals surface area (Å²) < 4.78 is 0. The van der Waals surface area contributed by atoms with E-state index in [2.05, 4.69) is 15.2 Å². The van der Waals surface area contributed by atoms with Crippen molar-refractivity contribution in [1.82, 2.24) is 20.7 Å². The maximum absolute atomic E-state index is 11.5. The van der Waals surface area contributed by atoms with Crippen LogP contribution in [-0.2, 0) is 13.0 Å². The molecule has 0 bridgehead atoms. The van der Waals surface area contributed by atoms with Gasteiger partial charge in [0.1, 0.15) is 0 Å². The first kappa shape index (κ1) is 15.1. The molecule has 2 aliphatic heterocycles. The number of hydrogen-bond acceptors (Lipinski definition) is 5. The van der Waals surface area contributed by atoms with Crippen LogP contribution < -0.4 is 10.8 Å². The van der Waals surface area contributed by atoms with Gasteiger partial charge in [0, 0.05) is 30.9 Å². The Bertz CT molecular complexity index is 605. The quantitative estimate of drug-likeness (QED) is 0.565. The Balaban J connectivity index is 1.41. The van der Waals surface area contributed by atoms with Gasteiger partial charge in [0.15, 0.2) is 0 Å². The van der Waals surface area contributed by atoms with Crippen molar-refractivity contribution in [2.24, 2.45) is 0 Å². The lowest BCUT2D eigenvalue weighted by Gasteiger charge is -2.54. The van der Waals surface area contributed by atoms with E-state index in [1.807, 2.05) is 6.07 Å². The first-order chi connectivity index (χ1) is 11.2. The summed E-state index contributed by atoms with van der Waals surface area (Å²) in [6, 6.07) is 2.52. The van der Waals surface area contributed by atoms with Crippen molar-refractivity contribution >= 4 is 5.91 Å². The third kappa shape index (κ3) is 2.75. The molecule has 1 spiro atoms. The molecule has 1 aromatic heterocycles. The average Bonchev–Trinajstić information content (AvgIpc) is 2.58. The van der Waals surface area contributed by atoms with Crippen LogP contribution in [0.3, 0.4) is 0 Å². The molecule has 4 rings (SSSR count). The van der Waals surface area contributed by atoms with Gasteiger partial charge >= 0.3 is 0 Å². The first-order valence-corrected chi connectivity index (χ1v) is 8.60. The van der Waals surface area contributed by atoms with E-state index in [0.29, 0.717) is 17.1 Å². The van der Waals surface area contributed by atoms with Crippen molar-refractivity contribution in [1.29, 1.82) is 0 Å². The smallest absolute Gasteiger partial charge is 0.276 e. The Morgan fingerprint density at radius 2 is 2.30 bits per heavy atom. The maximum Gasteiger partial charge on any atom is 0.276 e. The molecule has 0 atom stereocenters. The second-order valence-electron chi connectivity index (χ2n) is 7.22. The number of carbonyl (C=O) groups excluding carboxylic acids is 1. The van der Waals surface area contributed by atoms with Gasteiger partial charge < -0.3 is 5.32 Å². The molecule has 3 aliphatic rings. The number of hydrogen-bond donors (Lipinski definition) is 3. The molecule has 3 N–H and O–H groups in total. The molecule has 0 unspecified atom stereocenters. The fourth-order valence-electron chi connectivity index (χ4n) is 4.41. The van der Waals surface area contributed by atoms with Crippen LogP contribution in [0, 0.1) is 0 Å². The minimum Gasteiger partial charge on any atom is -0.311 e. The topological polar surface area (TPSA) is 77.5 Å². The fourth-order valence-corrected chi connectivity index (χ4v) is 4.41. The van der Waals surface area contributed by atoms with E-state index in [1.165, 1.54) is 38.6 Å². The third-order valence-corrected chi connectivity index (χ3v) is 5.80. The van der Waals surface area contributed by atoms with E-state index in [0.717, 1.165) is 30.8 Å². The van der Waals surface area contributed by atoms with Crippen molar-refractivity contribution in [3.8, 4) is 0 Å². The van der Waals surface area contributed by atoms with Crippen LogP contribution >= 0.6 is 0 Å². The molecule has 1 aliphatic carbocycles. The molecular formula is C17H24N4O2. The maximum atomic E-state index is 11.5. The number of rotatable bonds is 2. The number of aromatic nitrogens is 1. The summed E-state index contributed by atoms with van der Waals surface area (Å²) in [6.07, 6.45) is 8.99. The number of nitrogens with one attached hydrogen (secondary N) is 2. The highest BCUT2D eigenvalue weighted by Gasteiger charge is 2.47. The molecule has 6 heteroatoms. The Morgan fingerprint density at radius 1 is 1.43 bits per heavy atom. The number of nitrogens with zero attached hydrogens (tertiary/aromatic N) is 2. The van der Waals surface area contributed by atoms with Gasteiger partial charge in [-0.15, -0.1) is 0 Å². The number of amides is 1. The zero-order valence-electron chi connectivity index (χ0n) is 13.3. The molecule has 1 saturated heterocycles. The van der Waals surface area contributed by atoms with Gasteiger partial charge in [-0.1, -0.05) is 6.42 Å². The second kappa shape index (κ2) is 5.85. The van der Waals surface area contributed by atoms with Crippen molar-refractivity contribution in [2.75, 3.05) is 13.1 Å². The monoisotopic (exact) mass is 316 g/mol. The van der Waals surface area contributed by atoms with Crippen molar-refractivity contribution in [3.63, 3.8) is 0 Å². The predicted molar refractivity (Wildman–Crippen MR) is 85.2 cm³/mol. The zero-order valence-corrected chi connectivity index (χ0v) is 13.3. The lowest BCUT2D eigenvalue weighted by molar-refractivity contribution is 0.0108. The predicted octanol–water partition coefficient (Wildman–Crippen LogP) is 1.23. The lowest BCUT2D eigenvalue weighted by Crippen LogP contribution is -2.64. The van der Waals surface area contributed by atoms with E-state index >= 15 is 0 Å². The van der Waals surface area contributed by atoms with Crippen LogP contribution in [0.4, 0.5) is 0 Å². The van der Waals surface area contributed by atoms with Gasteiger partial charge in [0.05, 0.1) is 11.3 Å². The molecular weight excluding hydrogens is 292 g/mol. The molecule has 23 heavy (non-hydrogen) atoms. The molecule has 1 saturated carbocycles. The molecule has 3 heterocycles. The normalized spacial score (nSPS) is 30.6. The Hall–Kier alpha value is -1.50. The number of pyridine rings is 1. The summed E-state index contributed by atoms with van der Waals surface area (Å²) in [5.74, 6) is -0.493. The average molecular weight is 316 g/mol. The van der Waals surface area contributed by atoms with Gasteiger partial charge in [-0.05, 0) is 50.3 Å². The number of fused-ring (bicyclic) bond motifs is 1. The van der Waals surface area contributed by atoms with Crippen molar-refractivity contribution < 1.29 is 10.0 Å². The number of carbonyl (C=O) groups is 1. The van der Waals surface area contributed by atoms with Gasteiger partial charge in [0.2, 0.25) is 0 Å². The van der Waals surface area contributed by atoms with E-state index in [-0.39, 0.29) is 0 Å². The van der Waals surface area contributed by atoms with Crippen molar-refractivity contribution in [2.45, 2.75) is 56.7 Å². The largest absolute Gasteiger partial charge is 0.311 e. The SMILES string of the molecule is O=C(NO)c1cnc2c(c1)CCN(C1CC3(CCCCN3)C1)C2. The first-order valence-electron chi connectivity index (χ1n) is 8.60. The fraction of sp³-hybridized carbons (Fsp3) is 0.647. The lowest BCUT2D eigenvalue weighted by atomic mass is 9.67. The van der Waals surface area contributed by atoms with E-state index < -0.39 is 5.91 Å². The van der Waals surface area contributed by atoms with Crippen LogP contribution in [0.15, 0.2) is 12.3 Å². The minimum atomic E-state index is -0.493. The van der Waals surface area contributed by atoms with Gasteiger partial charge in [0.25, 0.3) is 5.91 Å². The number of piperidine rings is 1. The standard InChI is InChI=1S/C17H24N4O2/c22-16(20-23)13-7-12-3-6-21(11-15(12)18-10-13)14-8-17(9-14)4-1-2-5-19-17/h7,10,14,19,23H,1-6,8-9,11H2,(H,20,22). The van der Waals surface area contributed by atoms with Crippen molar-refractivity contribution in [3.05, 3.63) is 29.1 Å². The number of hydroxylamine groups is 1. The Morgan fingerprint density at radius 3 is 3.04 bits per heavy atom. The molecule has 124 valence electrons. The van der Waals surface area contributed by atoms with Crippen LogP contribution in [0.1, 0.15) is 53.7 Å². The van der Waals surface area contributed by atoms with Gasteiger partial charge in [-0.2, -0.15) is 0 Å². The molecule has 0 aromatic carbocycles. The van der Waals surface area contributed by atoms with Gasteiger partial charge in [-0.3, -0.25) is 19.9 Å². The Kier molecular flexibility index (Phi) is 3.83. The van der Waals surface area contributed by atoms with E-state index in [4.69, 9.17) is 5.21 Å². The van der Waals surface area contributed by atoms with Gasteiger partial charge in [-0.25, -0.2) is 5.48 Å². The second-order valence-corrected chi connectivity index (χ2v) is 7.22. The highest BCUT2D eigenvalue weighted by Crippen LogP contribution is 2.42. The highest BCUT2D eigenvalue weighted by molar-refractivity contribution is 5.93. The van der Waals surface area contributed by atoms with E-state index in [9.17, 15) is 4.79 Å². The summed E-state index contributed by atoms with van der Waals surface area (Å²) in [6.45, 7) is 3.07. The Labute approximate surface area is 136 Å². The summed E-state index contributed by atoms with van der Waals surface area (Å²) in [7, 11) is 0. The van der Waals surface area contributed by atoms with Crippen LogP contribution in [0.25, 0.3) is 0 Å². The molecule has 1 amide bonds. The van der Waals surface area contributed by atoms with E-state index in [1.54, 1.807) is 11.7 Å².